The summed E-state index contributed by atoms with van der Waals surface area (Å²) in [5.41, 5.74) is 1.23. The minimum absolute atomic E-state index is 0. The van der Waals surface area contributed by atoms with Gasteiger partial charge in [-0.25, -0.2) is 24.0 Å². The number of ether oxygens (including phenoxy) is 4. The van der Waals surface area contributed by atoms with E-state index in [0.717, 1.165) is 11.6 Å². The van der Waals surface area contributed by atoms with Gasteiger partial charge in [-0.2, -0.15) is 14.5 Å². The average molecular weight is 1590 g/mol. The van der Waals surface area contributed by atoms with Crippen molar-refractivity contribution >= 4 is 17.8 Å². The second kappa shape index (κ2) is 49.7. The zero-order chi connectivity index (χ0) is 86.2. The fraction of sp³-hybridized carbons (Fsp3) is 0.908. The van der Waals surface area contributed by atoms with Crippen LogP contribution in [0.1, 0.15) is 373 Å². The van der Waals surface area contributed by atoms with Crippen LogP contribution in [0.2, 0.25) is 0 Å². The predicted octanol–water partition coefficient (Wildman–Crippen LogP) is 20.0. The van der Waals surface area contributed by atoms with Crippen LogP contribution in [0.15, 0.2) is 33.7 Å². The van der Waals surface area contributed by atoms with Gasteiger partial charge in [-0.3, -0.25) is 9.59 Å². The number of nitrogens with zero attached hydrogens (tertiary/aromatic N) is 16. The highest BCUT2D eigenvalue weighted by atomic mass is 16.5. The number of aryl methyl sites for hydroxylation is 2. The van der Waals surface area contributed by atoms with Crippen molar-refractivity contribution in [2.24, 2.45) is 28.7 Å². The lowest BCUT2D eigenvalue weighted by Crippen LogP contribution is -2.46. The molecule has 0 atom stereocenters. The second-order valence-electron chi connectivity index (χ2n) is 41.4. The van der Waals surface area contributed by atoms with Crippen molar-refractivity contribution in [1.29, 1.82) is 0 Å². The van der Waals surface area contributed by atoms with Gasteiger partial charge in [-0.1, -0.05) is 83.4 Å². The Bertz CT molecular complexity index is 3030. The van der Waals surface area contributed by atoms with E-state index in [2.05, 4.69) is 211 Å². The van der Waals surface area contributed by atoms with Gasteiger partial charge in [0.2, 0.25) is 5.91 Å². The first kappa shape index (κ1) is 113. The summed E-state index contributed by atoms with van der Waals surface area (Å²) in [6, 6.07) is 0.637. The number of tetrazole rings is 1. The van der Waals surface area contributed by atoms with E-state index in [1.54, 1.807) is 50.3 Å². The molecule has 4 amide bonds. The average Bonchev–Trinajstić information content (AvgIpc) is 1.69. The molecule has 25 nitrogen and oxygen atoms in total. The molecule has 660 valence electrons. The predicted molar refractivity (Wildman–Crippen MR) is 467 cm³/mol. The quantitative estimate of drug-likeness (QED) is 0.249. The van der Waals surface area contributed by atoms with Crippen molar-refractivity contribution in [3.8, 4) is 0 Å². The Morgan fingerprint density at radius 1 is 0.491 bits per heavy atom. The van der Waals surface area contributed by atoms with Crippen molar-refractivity contribution in [3.05, 3.63) is 34.8 Å². The van der Waals surface area contributed by atoms with E-state index in [0.29, 0.717) is 35.9 Å². The molecule has 4 saturated carbocycles. The van der Waals surface area contributed by atoms with Crippen molar-refractivity contribution < 1.29 is 33.3 Å². The highest BCUT2D eigenvalue weighted by Gasteiger charge is 2.34. The molecule has 0 spiro atoms. The molecule has 2 aliphatic heterocycles. The van der Waals surface area contributed by atoms with Crippen molar-refractivity contribution in [1.82, 2.24) is 74.8 Å². The topological polar surface area (TPSA) is 252 Å². The number of urea groups is 1. The molecule has 112 heavy (non-hydrogen) atoms. The normalized spacial score (nSPS) is 16.8. The van der Waals surface area contributed by atoms with Gasteiger partial charge in [-0.05, 0) is 321 Å². The highest BCUT2D eigenvalue weighted by Crippen LogP contribution is 2.44. The van der Waals surface area contributed by atoms with Gasteiger partial charge in [0.1, 0.15) is 6.54 Å². The first-order chi connectivity index (χ1) is 49.5. The van der Waals surface area contributed by atoms with Gasteiger partial charge < -0.3 is 39.0 Å². The number of rotatable bonds is 5. The van der Waals surface area contributed by atoms with E-state index >= 15 is 0 Å². The van der Waals surface area contributed by atoms with Gasteiger partial charge in [0.15, 0.2) is 0 Å². The fourth-order valence-electron chi connectivity index (χ4n) is 11.1. The number of amides is 4. The Hall–Kier alpha value is -5.24. The summed E-state index contributed by atoms with van der Waals surface area (Å²) in [4.78, 5) is 49.8. The third kappa shape index (κ3) is 53.8. The van der Waals surface area contributed by atoms with Gasteiger partial charge in [0.05, 0.1) is 87.1 Å². The molecule has 0 bridgehead atoms. The lowest BCUT2D eigenvalue weighted by molar-refractivity contribution is -0.132. The molecule has 3 aromatic rings. The van der Waals surface area contributed by atoms with Crippen LogP contribution in [0.3, 0.4) is 0 Å². The summed E-state index contributed by atoms with van der Waals surface area (Å²) >= 11 is 0. The van der Waals surface area contributed by atoms with Gasteiger partial charge in [0, 0.05) is 71.5 Å². The SMILES string of the molecule is C.C.CC(=O)N(C)C(C)(C)C.CC(C)(C)C1CC1.CC(C)(C)N1N=NCC1=O.CC(C)(C)OC1CCC1.CC(C)(C)OC1CCCC1.CC(C)(C)OC1CCCCC1.CC(C)(C)n1ccnn1.CC(C)N1CCC(OC(C)(C)C)CC1.CNC(=O)N(C)C(C)(C)C.Cc1cnnn1C(C)(C)C.Cn1nnn(C(C)(C)C)c1=O. The largest absolute Gasteiger partial charge is 0.373 e. The number of piperidine rings is 1. The maximum absolute atomic E-state index is 11.2. The Morgan fingerprint density at radius 2 is 0.875 bits per heavy atom. The molecule has 9 rings (SSSR count). The zero-order valence-electron chi connectivity index (χ0n) is 78.6. The summed E-state index contributed by atoms with van der Waals surface area (Å²) in [5, 5.41) is 33.9. The summed E-state index contributed by atoms with van der Waals surface area (Å²) in [5.74, 6) is 1.14. The van der Waals surface area contributed by atoms with Crippen LogP contribution in [-0.2, 0) is 52.2 Å². The Labute approximate surface area is 686 Å². The molecule has 0 aromatic carbocycles. The van der Waals surface area contributed by atoms with E-state index in [1.165, 1.54) is 130 Å². The number of hydrogen-bond donors (Lipinski definition) is 1. The lowest BCUT2D eigenvalue weighted by atomic mass is 9.91. The maximum Gasteiger partial charge on any atom is 0.363 e. The molecular formula is C87H179N17O8. The molecule has 3 aromatic heterocycles. The van der Waals surface area contributed by atoms with Gasteiger partial charge in [-0.15, -0.1) is 10.2 Å². The van der Waals surface area contributed by atoms with E-state index in [9.17, 15) is 19.2 Å². The Morgan fingerprint density at radius 3 is 1.04 bits per heavy atom. The number of hydrogen-bond acceptors (Lipinski definition) is 17. The van der Waals surface area contributed by atoms with Crippen LogP contribution in [0.5, 0.6) is 0 Å². The van der Waals surface area contributed by atoms with E-state index < -0.39 is 0 Å². The summed E-state index contributed by atoms with van der Waals surface area (Å²) < 4.78 is 29.6. The number of carbonyl (C=O) groups is 3. The molecule has 0 radical (unpaired) electrons. The van der Waals surface area contributed by atoms with Gasteiger partial charge in [0.25, 0.3) is 5.91 Å². The third-order valence-corrected chi connectivity index (χ3v) is 18.1. The second-order valence-corrected chi connectivity index (χ2v) is 41.4. The molecule has 5 heterocycles. The Kier molecular flexibility index (Phi) is 50.2. The lowest BCUT2D eigenvalue weighted by Gasteiger charge is -2.37. The van der Waals surface area contributed by atoms with E-state index in [1.807, 2.05) is 113 Å². The Balaban J connectivity index is -0.000000574. The highest BCUT2D eigenvalue weighted by molar-refractivity contribution is 5.79. The number of nitrogens with one attached hydrogen (secondary N) is 1. The van der Waals surface area contributed by atoms with Crippen LogP contribution in [0.25, 0.3) is 0 Å². The van der Waals surface area contributed by atoms with E-state index in [4.69, 9.17) is 18.9 Å². The zero-order valence-corrected chi connectivity index (χ0v) is 78.6. The summed E-state index contributed by atoms with van der Waals surface area (Å²) in [6.45, 7) is 79.3. The van der Waals surface area contributed by atoms with Crippen molar-refractivity contribution in [3.63, 3.8) is 0 Å². The number of likely N-dealkylation sites (tertiary alicyclic amines) is 1. The van der Waals surface area contributed by atoms with Crippen LogP contribution in [0.4, 0.5) is 4.79 Å². The first-order valence-corrected chi connectivity index (χ1v) is 41.1. The molecule has 1 N–H and O–H groups in total. The van der Waals surface area contributed by atoms with Crippen molar-refractivity contribution in [2.45, 2.75) is 460 Å². The monoisotopic (exact) mass is 1590 g/mol. The first-order valence-electron chi connectivity index (χ1n) is 41.1. The molecule has 25 heteroatoms. The minimum atomic E-state index is -0.286. The summed E-state index contributed by atoms with van der Waals surface area (Å²) in [7, 11) is 6.79. The molecule has 1 saturated heterocycles. The van der Waals surface area contributed by atoms with Gasteiger partial charge >= 0.3 is 11.7 Å². The fourth-order valence-corrected chi connectivity index (χ4v) is 11.1. The van der Waals surface area contributed by atoms with Crippen LogP contribution >= 0.6 is 0 Å². The molecule has 4 aliphatic carbocycles. The van der Waals surface area contributed by atoms with Crippen LogP contribution in [0, 0.1) is 18.3 Å². The molecule has 6 aliphatic rings. The van der Waals surface area contributed by atoms with E-state index in [-0.39, 0.29) is 101 Å². The minimum Gasteiger partial charge on any atom is -0.373 e. The number of carbonyl (C=O) groups excluding carboxylic acids is 3. The summed E-state index contributed by atoms with van der Waals surface area (Å²) in [6.07, 6.45) is 28.7. The molecular weight excluding hydrogens is 1410 g/mol. The number of aromatic nitrogens is 10. The standard InChI is InChI=1S/C12H25NO.C10H20O.C9H18O.C8H16O.C7H13N3.C7H16N2O.C7H15NO.C7H14.C6H12N4O.C6H11N3O.C6H11N3.2CH4/c1-10(2)13-8-6-11(7-9-13)14-12(3,4)5;1-10(2,3)11-9-7-5-4-6-8-9;1-9(2,3)10-8-6-4-5-7-8;1-8(2,3)9-7-5-4-6-7;1-6-5-8-9-10(6)7(2,3)4;1-7(2,3)9(5)6(10)8-4;1-6(9)8(5)7(2,3)4;1-7(2,3)6-4-5-6;1-6(2,3)10-5(11)9(4)7-8-10;1-6(2,3)9-5(10)4-7-8-9;1-6(2,3)9-5-4-7-8-9;;/h10-11H,6-9H2,1-5H3;9H,4-8H2,1-3H3;8H,4-7H2,1-3H3;7H,4-6H2,1-3H3;5H,1-4H3;1-5H3,(H,8,10);1-5H3;6H,4-5H2,1-3H3;1-4H3;4H2,1-3H3;4-5H,1-3H3;2*1H4. The van der Waals surface area contributed by atoms with Crippen LogP contribution in [-0.4, -0.2) is 198 Å². The molecule has 0 unspecified atom stereocenters. The maximum atomic E-state index is 11.2. The molecule has 5 fully saturated rings. The smallest absolute Gasteiger partial charge is 0.363 e. The van der Waals surface area contributed by atoms with Crippen LogP contribution < -0.4 is 11.0 Å². The van der Waals surface area contributed by atoms with Crippen molar-refractivity contribution in [2.75, 3.05) is 40.8 Å². The third-order valence-electron chi connectivity index (χ3n) is 18.1.